The molecule has 2 aliphatic heterocycles. The number of allylic oxidation sites excluding steroid dienone is 1. The number of benzene rings is 3. The predicted molar refractivity (Wildman–Crippen MR) is 118 cm³/mol. The molecule has 3 aromatic rings. The van der Waals surface area contributed by atoms with Gasteiger partial charge in [0.15, 0.2) is 6.10 Å². The van der Waals surface area contributed by atoms with E-state index < -0.39 is 0 Å². The number of hydrogen-bond donors (Lipinski definition) is 2. The van der Waals surface area contributed by atoms with Crippen LogP contribution in [0.25, 0.3) is 16.7 Å². The Morgan fingerprint density at radius 1 is 0.966 bits per heavy atom. The van der Waals surface area contributed by atoms with Crippen molar-refractivity contribution >= 4 is 11.3 Å². The molecule has 1 atom stereocenters. The van der Waals surface area contributed by atoms with Crippen LogP contribution in [-0.4, -0.2) is 10.6 Å². The second-order valence-electron chi connectivity index (χ2n) is 8.48. The van der Waals surface area contributed by atoms with Crippen molar-refractivity contribution in [3.05, 3.63) is 89.0 Å². The lowest BCUT2D eigenvalue weighted by Crippen LogP contribution is -2.32. The summed E-state index contributed by atoms with van der Waals surface area (Å²) < 4.78 is 6.59. The number of aliphatic hydroxyl groups excluding tert-OH is 1. The van der Waals surface area contributed by atoms with Crippen molar-refractivity contribution in [1.82, 2.24) is 0 Å². The van der Waals surface area contributed by atoms with Crippen LogP contribution in [0.2, 0.25) is 0 Å². The molecule has 0 bridgehead atoms. The number of nitrogens with one attached hydrogen (secondary N) is 1. The van der Waals surface area contributed by atoms with E-state index in [2.05, 4.69) is 68.6 Å². The van der Waals surface area contributed by atoms with E-state index in [1.165, 1.54) is 16.7 Å². The van der Waals surface area contributed by atoms with Crippen LogP contribution in [0.4, 0.5) is 5.69 Å². The first-order chi connectivity index (χ1) is 14.0. The highest BCUT2D eigenvalue weighted by molar-refractivity contribution is 5.91. The fourth-order valence-corrected chi connectivity index (χ4v) is 4.80. The Labute approximate surface area is 171 Å². The minimum absolute atomic E-state index is 0.0147. The van der Waals surface area contributed by atoms with Gasteiger partial charge in [-0.2, -0.15) is 0 Å². The quantitative estimate of drug-likeness (QED) is 0.576. The van der Waals surface area contributed by atoms with Crippen LogP contribution in [0, 0.1) is 0 Å². The molecule has 0 radical (unpaired) electrons. The van der Waals surface area contributed by atoms with Gasteiger partial charge in [0.25, 0.3) is 0 Å². The second kappa shape index (κ2) is 6.50. The van der Waals surface area contributed by atoms with Gasteiger partial charge in [0.1, 0.15) is 5.75 Å². The molecule has 146 valence electrons. The molecular weight excluding hydrogens is 358 g/mol. The molecule has 2 aliphatic rings. The molecule has 5 rings (SSSR count). The lowest BCUT2D eigenvalue weighted by atomic mass is 9.79. The van der Waals surface area contributed by atoms with Crippen LogP contribution >= 0.6 is 0 Å². The van der Waals surface area contributed by atoms with Crippen molar-refractivity contribution in [1.29, 1.82) is 0 Å². The Balaban J connectivity index is 1.84. The highest BCUT2D eigenvalue weighted by atomic mass is 16.5. The number of rotatable bonds is 2. The van der Waals surface area contributed by atoms with Crippen LogP contribution in [0.15, 0.2) is 66.7 Å². The monoisotopic (exact) mass is 383 g/mol. The molecule has 3 heteroatoms. The molecule has 0 spiro atoms. The van der Waals surface area contributed by atoms with E-state index in [-0.39, 0.29) is 18.2 Å². The lowest BCUT2D eigenvalue weighted by Gasteiger charge is -2.37. The maximum Gasteiger partial charge on any atom is 0.150 e. The zero-order valence-corrected chi connectivity index (χ0v) is 17.0. The average molecular weight is 383 g/mol. The predicted octanol–water partition coefficient (Wildman–Crippen LogP) is 5.94. The number of anilines is 1. The van der Waals surface area contributed by atoms with Crippen molar-refractivity contribution in [2.24, 2.45) is 0 Å². The van der Waals surface area contributed by atoms with E-state index in [4.69, 9.17) is 4.74 Å². The fraction of sp³-hybridized carbons (Fsp3) is 0.231. The molecule has 2 heterocycles. The van der Waals surface area contributed by atoms with Crippen LogP contribution in [-0.2, 0) is 6.61 Å². The van der Waals surface area contributed by atoms with Gasteiger partial charge in [0.05, 0.1) is 12.1 Å². The van der Waals surface area contributed by atoms with E-state index >= 15 is 0 Å². The molecule has 0 amide bonds. The summed E-state index contributed by atoms with van der Waals surface area (Å²) in [6, 6.07) is 20.6. The standard InChI is InChI=1S/C26H25NO2/c1-16-14-26(2,3)27-20-13-12-19-23-18(15-28)10-7-11-21(23)29-25(24(19)22(16)20)17-8-5-4-6-9-17/h4-14,25,27-28H,15H2,1-3H3. The van der Waals surface area contributed by atoms with Crippen molar-refractivity contribution in [3.8, 4) is 16.9 Å². The normalized spacial score (nSPS) is 18.5. The maximum absolute atomic E-state index is 9.98. The molecule has 1 unspecified atom stereocenters. The van der Waals surface area contributed by atoms with E-state index in [9.17, 15) is 5.11 Å². The second-order valence-corrected chi connectivity index (χ2v) is 8.48. The van der Waals surface area contributed by atoms with Gasteiger partial charge >= 0.3 is 0 Å². The smallest absolute Gasteiger partial charge is 0.150 e. The van der Waals surface area contributed by atoms with E-state index in [1.807, 2.05) is 24.3 Å². The van der Waals surface area contributed by atoms with Gasteiger partial charge < -0.3 is 15.2 Å². The molecular formula is C26H25NO2. The summed E-state index contributed by atoms with van der Waals surface area (Å²) in [4.78, 5) is 0. The summed E-state index contributed by atoms with van der Waals surface area (Å²) in [5, 5.41) is 13.6. The maximum atomic E-state index is 9.98. The van der Waals surface area contributed by atoms with Gasteiger partial charge in [0.2, 0.25) is 0 Å². The molecule has 2 N–H and O–H groups in total. The first kappa shape index (κ1) is 18.0. The molecule has 3 nitrogen and oxygen atoms in total. The van der Waals surface area contributed by atoms with Gasteiger partial charge in [-0.1, -0.05) is 54.6 Å². The average Bonchev–Trinajstić information content (AvgIpc) is 2.71. The summed E-state index contributed by atoms with van der Waals surface area (Å²) in [6.07, 6.45) is 2.08. The van der Waals surface area contributed by atoms with Crippen LogP contribution < -0.4 is 10.1 Å². The molecule has 3 aromatic carbocycles. The third-order valence-electron chi connectivity index (χ3n) is 5.84. The van der Waals surface area contributed by atoms with E-state index in [0.717, 1.165) is 33.7 Å². The molecule has 0 fully saturated rings. The zero-order valence-electron chi connectivity index (χ0n) is 17.0. The van der Waals surface area contributed by atoms with Crippen LogP contribution in [0.3, 0.4) is 0 Å². The number of fused-ring (bicyclic) bond motifs is 5. The number of ether oxygens (including phenoxy) is 1. The van der Waals surface area contributed by atoms with Crippen molar-refractivity contribution in [3.63, 3.8) is 0 Å². The Morgan fingerprint density at radius 2 is 1.76 bits per heavy atom. The highest BCUT2D eigenvalue weighted by Crippen LogP contribution is 2.51. The molecule has 29 heavy (non-hydrogen) atoms. The molecule has 0 saturated carbocycles. The van der Waals surface area contributed by atoms with Crippen LogP contribution in [0.1, 0.15) is 49.1 Å². The number of aliphatic hydroxyl groups is 1. The molecule has 0 saturated heterocycles. The van der Waals surface area contributed by atoms with Gasteiger partial charge in [-0.25, -0.2) is 0 Å². The Hall–Kier alpha value is -3.04. The zero-order chi connectivity index (χ0) is 20.2. The third kappa shape index (κ3) is 2.85. The Kier molecular flexibility index (Phi) is 4.04. The summed E-state index contributed by atoms with van der Waals surface area (Å²) in [5.41, 5.74) is 8.79. The van der Waals surface area contributed by atoms with Crippen molar-refractivity contribution < 1.29 is 9.84 Å². The Bertz CT molecular complexity index is 1130. The highest BCUT2D eigenvalue weighted by Gasteiger charge is 2.35. The van der Waals surface area contributed by atoms with Gasteiger partial charge in [0, 0.05) is 22.4 Å². The lowest BCUT2D eigenvalue weighted by molar-refractivity contribution is 0.240. The first-order valence-electron chi connectivity index (χ1n) is 10.1. The molecule has 0 aromatic heterocycles. The SMILES string of the molecule is CC1=CC(C)(C)Nc2ccc3c(c21)C(c1ccccc1)Oc1cccc(CO)c1-3. The third-order valence-corrected chi connectivity index (χ3v) is 5.84. The van der Waals surface area contributed by atoms with E-state index in [1.54, 1.807) is 0 Å². The summed E-state index contributed by atoms with van der Waals surface area (Å²) in [7, 11) is 0. The summed E-state index contributed by atoms with van der Waals surface area (Å²) in [5.74, 6) is 0.823. The number of hydrogen-bond acceptors (Lipinski definition) is 3. The van der Waals surface area contributed by atoms with Gasteiger partial charge in [-0.3, -0.25) is 0 Å². The summed E-state index contributed by atoms with van der Waals surface area (Å²) in [6.45, 7) is 6.53. The van der Waals surface area contributed by atoms with Crippen LogP contribution in [0.5, 0.6) is 5.75 Å². The largest absolute Gasteiger partial charge is 0.480 e. The fourth-order valence-electron chi connectivity index (χ4n) is 4.80. The summed E-state index contributed by atoms with van der Waals surface area (Å²) >= 11 is 0. The topological polar surface area (TPSA) is 41.5 Å². The molecule has 0 aliphatic carbocycles. The first-order valence-corrected chi connectivity index (χ1v) is 10.1. The van der Waals surface area contributed by atoms with E-state index in [0.29, 0.717) is 0 Å². The minimum atomic E-state index is -0.200. The van der Waals surface area contributed by atoms with Gasteiger partial charge in [-0.15, -0.1) is 0 Å². The Morgan fingerprint density at radius 3 is 2.52 bits per heavy atom. The van der Waals surface area contributed by atoms with Crippen molar-refractivity contribution in [2.45, 2.75) is 39.0 Å². The van der Waals surface area contributed by atoms with Crippen molar-refractivity contribution in [2.75, 3.05) is 5.32 Å². The van der Waals surface area contributed by atoms with Gasteiger partial charge in [-0.05, 0) is 55.2 Å². The minimum Gasteiger partial charge on any atom is -0.480 e.